The lowest BCUT2D eigenvalue weighted by Crippen LogP contribution is -2.11. The summed E-state index contributed by atoms with van der Waals surface area (Å²) in [7, 11) is 0. The first-order valence-electron chi connectivity index (χ1n) is 6.72. The van der Waals surface area contributed by atoms with Crippen LogP contribution in [0.1, 0.15) is 34.8 Å². The number of Topliss-reactive ketones (excluding diaryl/α,β-unsaturated/α-hetero) is 1. The molecule has 0 amide bonds. The average Bonchev–Trinajstić information content (AvgIpc) is 2.93. The third-order valence-electron chi connectivity index (χ3n) is 3.25. The molecule has 0 spiro atoms. The molecular weight excluding hydrogens is 266 g/mol. The van der Waals surface area contributed by atoms with Crippen LogP contribution in [0.15, 0.2) is 41.8 Å². The number of carbonyl (C=O) groups is 1. The van der Waals surface area contributed by atoms with Gasteiger partial charge in [0.1, 0.15) is 5.92 Å². The van der Waals surface area contributed by atoms with Gasteiger partial charge in [0.15, 0.2) is 5.78 Å². The van der Waals surface area contributed by atoms with Gasteiger partial charge in [0.2, 0.25) is 0 Å². The van der Waals surface area contributed by atoms with Crippen LogP contribution < -0.4 is 0 Å². The molecule has 1 aromatic carbocycles. The van der Waals surface area contributed by atoms with Gasteiger partial charge in [0.25, 0.3) is 0 Å². The summed E-state index contributed by atoms with van der Waals surface area (Å²) >= 11 is 1.71. The van der Waals surface area contributed by atoms with Crippen LogP contribution in [0.25, 0.3) is 0 Å². The number of nitrogens with zero attached hydrogens (tertiary/aromatic N) is 1. The summed E-state index contributed by atoms with van der Waals surface area (Å²) in [5.74, 6) is -0.604. The fourth-order valence-corrected chi connectivity index (χ4v) is 2.97. The Hall–Kier alpha value is -1.92. The smallest absolute Gasteiger partial charge is 0.154 e. The number of nitriles is 1. The molecule has 0 saturated carbocycles. The highest BCUT2D eigenvalue weighted by Gasteiger charge is 2.19. The third kappa shape index (κ3) is 3.79. The van der Waals surface area contributed by atoms with Crippen LogP contribution >= 0.6 is 11.3 Å². The first-order chi connectivity index (χ1) is 9.70. The highest BCUT2D eigenvalue weighted by Crippen LogP contribution is 2.20. The van der Waals surface area contributed by atoms with Gasteiger partial charge >= 0.3 is 0 Å². The third-order valence-corrected chi connectivity index (χ3v) is 4.19. The second-order valence-electron chi connectivity index (χ2n) is 4.88. The number of aryl methyl sites for hydroxylation is 2. The predicted molar refractivity (Wildman–Crippen MR) is 81.8 cm³/mol. The van der Waals surface area contributed by atoms with E-state index in [1.54, 1.807) is 11.3 Å². The van der Waals surface area contributed by atoms with Gasteiger partial charge in [-0.05, 0) is 36.8 Å². The van der Waals surface area contributed by atoms with Crippen LogP contribution in [0.4, 0.5) is 0 Å². The maximum atomic E-state index is 12.2. The molecule has 1 aromatic heterocycles. The van der Waals surface area contributed by atoms with Crippen molar-refractivity contribution >= 4 is 17.1 Å². The molecule has 1 heterocycles. The highest BCUT2D eigenvalue weighted by atomic mass is 32.1. The molecule has 2 rings (SSSR count). The maximum Gasteiger partial charge on any atom is 0.154 e. The lowest BCUT2D eigenvalue weighted by molar-refractivity contribution is -0.119. The van der Waals surface area contributed by atoms with Crippen molar-refractivity contribution < 1.29 is 4.79 Å². The van der Waals surface area contributed by atoms with E-state index in [1.165, 1.54) is 4.88 Å². The number of thiophene rings is 1. The Morgan fingerprint density at radius 2 is 2.20 bits per heavy atom. The Morgan fingerprint density at radius 3 is 2.85 bits per heavy atom. The Morgan fingerprint density at radius 1 is 1.35 bits per heavy atom. The van der Waals surface area contributed by atoms with Crippen LogP contribution in [-0.2, 0) is 11.2 Å². The standard InChI is InChI=1S/C17H17NOS/c1-13-5-2-6-14(11-13)16(12-18)17(19)9-3-7-15-8-4-10-20-15/h2,4-6,8,10-11,16H,3,7,9H2,1H3. The van der Waals surface area contributed by atoms with Gasteiger partial charge in [-0.2, -0.15) is 5.26 Å². The van der Waals surface area contributed by atoms with Gasteiger partial charge in [0.05, 0.1) is 6.07 Å². The topological polar surface area (TPSA) is 40.9 Å². The molecule has 0 aliphatic rings. The van der Waals surface area contributed by atoms with Gasteiger partial charge in [-0.15, -0.1) is 11.3 Å². The predicted octanol–water partition coefficient (Wildman–Crippen LogP) is 4.26. The van der Waals surface area contributed by atoms with Gasteiger partial charge < -0.3 is 0 Å². The number of hydrogen-bond donors (Lipinski definition) is 0. The second-order valence-corrected chi connectivity index (χ2v) is 5.91. The summed E-state index contributed by atoms with van der Waals surface area (Å²) in [6.07, 6.45) is 2.18. The molecular formula is C17H17NOS. The van der Waals surface area contributed by atoms with Crippen molar-refractivity contribution in [3.63, 3.8) is 0 Å². The lowest BCUT2D eigenvalue weighted by atomic mass is 9.92. The van der Waals surface area contributed by atoms with Gasteiger partial charge in [-0.1, -0.05) is 35.9 Å². The molecule has 0 radical (unpaired) electrons. The maximum absolute atomic E-state index is 12.2. The summed E-state index contributed by atoms with van der Waals surface area (Å²) in [5.41, 5.74) is 1.89. The quantitative estimate of drug-likeness (QED) is 0.795. The molecule has 0 N–H and O–H groups in total. The summed E-state index contributed by atoms with van der Waals surface area (Å²) in [4.78, 5) is 13.5. The van der Waals surface area contributed by atoms with E-state index >= 15 is 0 Å². The summed E-state index contributed by atoms with van der Waals surface area (Å²) in [6, 6.07) is 13.9. The molecule has 1 unspecified atom stereocenters. The zero-order valence-electron chi connectivity index (χ0n) is 11.5. The van der Waals surface area contributed by atoms with Gasteiger partial charge in [-0.25, -0.2) is 0 Å². The Bertz CT molecular complexity index is 610. The van der Waals surface area contributed by atoms with Crippen molar-refractivity contribution in [2.24, 2.45) is 0 Å². The van der Waals surface area contributed by atoms with Crippen LogP contribution in [-0.4, -0.2) is 5.78 Å². The minimum absolute atomic E-state index is 0.0228. The van der Waals surface area contributed by atoms with Crippen LogP contribution in [0.3, 0.4) is 0 Å². The molecule has 1 atom stereocenters. The van der Waals surface area contributed by atoms with Gasteiger partial charge in [-0.3, -0.25) is 4.79 Å². The van der Waals surface area contributed by atoms with Crippen molar-refractivity contribution in [1.82, 2.24) is 0 Å². The minimum atomic E-state index is -0.627. The van der Waals surface area contributed by atoms with Crippen LogP contribution in [0.2, 0.25) is 0 Å². The fraction of sp³-hybridized carbons (Fsp3) is 0.294. The van der Waals surface area contributed by atoms with E-state index in [2.05, 4.69) is 12.1 Å². The number of ketones is 1. The van der Waals surface area contributed by atoms with Crippen molar-refractivity contribution in [3.05, 3.63) is 57.8 Å². The van der Waals surface area contributed by atoms with E-state index < -0.39 is 5.92 Å². The summed E-state index contributed by atoms with van der Waals surface area (Å²) < 4.78 is 0. The normalized spacial score (nSPS) is 11.8. The Kier molecular flexibility index (Phi) is 5.09. The molecule has 102 valence electrons. The van der Waals surface area contributed by atoms with Crippen molar-refractivity contribution in [2.75, 3.05) is 0 Å². The van der Waals surface area contributed by atoms with Crippen LogP contribution in [0, 0.1) is 18.3 Å². The second kappa shape index (κ2) is 7.02. The first-order valence-corrected chi connectivity index (χ1v) is 7.60. The largest absolute Gasteiger partial charge is 0.298 e. The molecule has 0 bridgehead atoms. The SMILES string of the molecule is Cc1cccc(C(C#N)C(=O)CCCc2cccs2)c1. The number of hydrogen-bond acceptors (Lipinski definition) is 3. The van der Waals surface area contributed by atoms with E-state index in [0.717, 1.165) is 24.0 Å². The molecule has 20 heavy (non-hydrogen) atoms. The Balaban J connectivity index is 1.94. The number of carbonyl (C=O) groups excluding carboxylic acids is 1. The lowest BCUT2D eigenvalue weighted by Gasteiger charge is -2.09. The van der Waals surface area contributed by atoms with E-state index in [0.29, 0.717) is 6.42 Å². The zero-order chi connectivity index (χ0) is 14.4. The summed E-state index contributed by atoms with van der Waals surface area (Å²) in [5, 5.41) is 11.3. The van der Waals surface area contributed by atoms with E-state index in [1.807, 2.05) is 42.6 Å². The van der Waals surface area contributed by atoms with Gasteiger partial charge in [0, 0.05) is 11.3 Å². The fourth-order valence-electron chi connectivity index (χ4n) is 2.22. The number of benzene rings is 1. The van der Waals surface area contributed by atoms with Crippen LogP contribution in [0.5, 0.6) is 0 Å². The monoisotopic (exact) mass is 283 g/mol. The highest BCUT2D eigenvalue weighted by molar-refractivity contribution is 7.09. The molecule has 0 aliphatic carbocycles. The molecule has 0 aliphatic heterocycles. The first kappa shape index (κ1) is 14.5. The van der Waals surface area contributed by atoms with Crippen molar-refractivity contribution in [1.29, 1.82) is 5.26 Å². The minimum Gasteiger partial charge on any atom is -0.298 e. The van der Waals surface area contributed by atoms with E-state index in [9.17, 15) is 10.1 Å². The molecule has 3 heteroatoms. The molecule has 0 saturated heterocycles. The number of rotatable bonds is 6. The molecule has 2 nitrogen and oxygen atoms in total. The van der Waals surface area contributed by atoms with E-state index in [4.69, 9.17) is 0 Å². The van der Waals surface area contributed by atoms with Crippen molar-refractivity contribution in [3.8, 4) is 6.07 Å². The molecule has 2 aromatic rings. The van der Waals surface area contributed by atoms with Crippen molar-refractivity contribution in [2.45, 2.75) is 32.1 Å². The average molecular weight is 283 g/mol. The summed E-state index contributed by atoms with van der Waals surface area (Å²) in [6.45, 7) is 1.97. The molecule has 0 fully saturated rings. The zero-order valence-corrected chi connectivity index (χ0v) is 12.3. The van der Waals surface area contributed by atoms with E-state index in [-0.39, 0.29) is 5.78 Å². The Labute approximate surface area is 123 Å².